The van der Waals surface area contributed by atoms with E-state index in [1.54, 1.807) is 27.3 Å². The maximum Gasteiger partial charge on any atom is 0.164 e. The first kappa shape index (κ1) is 18.1. The van der Waals surface area contributed by atoms with Crippen molar-refractivity contribution in [2.45, 2.75) is 6.92 Å². The van der Waals surface area contributed by atoms with Crippen LogP contribution in [0.5, 0.6) is 11.5 Å². The van der Waals surface area contributed by atoms with Crippen molar-refractivity contribution in [2.24, 2.45) is 0 Å². The summed E-state index contributed by atoms with van der Waals surface area (Å²) < 4.78 is 12.6. The Labute approximate surface area is 172 Å². The first-order chi connectivity index (χ1) is 14.6. The standard InChI is InChI=1S/C24H19N3O3/c1-14(28)21-18-10-8-16-7-6-15-5-4-12-25-23(15)24(16)27(18)26-22(21)17-9-11-19(29-2)20(13-17)30-3/h4-13H,1-3H3. The number of ketones is 1. The molecule has 0 saturated carbocycles. The van der Waals surface area contributed by atoms with Gasteiger partial charge in [-0.3, -0.25) is 9.78 Å². The van der Waals surface area contributed by atoms with Gasteiger partial charge in [-0.2, -0.15) is 5.10 Å². The highest BCUT2D eigenvalue weighted by Crippen LogP contribution is 2.36. The van der Waals surface area contributed by atoms with Crippen LogP contribution >= 0.6 is 0 Å². The van der Waals surface area contributed by atoms with Gasteiger partial charge in [-0.1, -0.05) is 24.3 Å². The molecule has 5 aromatic rings. The number of hydrogen-bond donors (Lipinski definition) is 0. The third-order valence-electron chi connectivity index (χ3n) is 5.34. The van der Waals surface area contributed by atoms with Crippen LogP contribution < -0.4 is 9.47 Å². The fourth-order valence-electron chi connectivity index (χ4n) is 3.96. The van der Waals surface area contributed by atoms with E-state index >= 15 is 0 Å². The first-order valence-electron chi connectivity index (χ1n) is 9.55. The molecule has 0 aliphatic rings. The first-order valence-corrected chi connectivity index (χ1v) is 9.55. The number of Topliss-reactive ketones (excluding diaryl/α,β-unsaturated/α-hetero) is 1. The highest BCUT2D eigenvalue weighted by atomic mass is 16.5. The molecule has 0 spiro atoms. The number of fused-ring (bicyclic) bond motifs is 5. The molecule has 0 amide bonds. The van der Waals surface area contributed by atoms with Gasteiger partial charge in [0.15, 0.2) is 17.3 Å². The monoisotopic (exact) mass is 397 g/mol. The molecule has 0 unspecified atom stereocenters. The molecular formula is C24H19N3O3. The normalized spacial score (nSPS) is 11.3. The van der Waals surface area contributed by atoms with E-state index < -0.39 is 0 Å². The van der Waals surface area contributed by atoms with E-state index in [9.17, 15) is 4.79 Å². The van der Waals surface area contributed by atoms with Crippen molar-refractivity contribution >= 4 is 33.1 Å². The number of rotatable bonds is 4. The van der Waals surface area contributed by atoms with Gasteiger partial charge in [0.2, 0.25) is 0 Å². The predicted octanol–water partition coefficient (Wildman–Crippen LogP) is 4.92. The molecule has 3 heterocycles. The Hall–Kier alpha value is -3.93. The molecule has 0 fully saturated rings. The van der Waals surface area contributed by atoms with E-state index in [-0.39, 0.29) is 5.78 Å². The molecule has 2 aromatic carbocycles. The van der Waals surface area contributed by atoms with Gasteiger partial charge >= 0.3 is 0 Å². The van der Waals surface area contributed by atoms with Gasteiger partial charge in [-0.25, -0.2) is 4.52 Å². The maximum atomic E-state index is 12.7. The molecule has 0 saturated heterocycles. The van der Waals surface area contributed by atoms with Crippen LogP contribution in [0.1, 0.15) is 17.3 Å². The number of hydrogen-bond acceptors (Lipinski definition) is 5. The number of nitrogens with zero attached hydrogens (tertiary/aromatic N) is 3. The van der Waals surface area contributed by atoms with Crippen molar-refractivity contribution < 1.29 is 14.3 Å². The van der Waals surface area contributed by atoms with Crippen molar-refractivity contribution in [1.82, 2.24) is 14.6 Å². The van der Waals surface area contributed by atoms with Crippen LogP contribution in [0.4, 0.5) is 0 Å². The summed E-state index contributed by atoms with van der Waals surface area (Å²) >= 11 is 0. The molecule has 0 N–H and O–H groups in total. The molecule has 0 aliphatic heterocycles. The van der Waals surface area contributed by atoms with Crippen LogP contribution in [-0.2, 0) is 0 Å². The molecule has 0 aliphatic carbocycles. The zero-order chi connectivity index (χ0) is 20.8. The molecule has 0 radical (unpaired) electrons. The molecule has 148 valence electrons. The van der Waals surface area contributed by atoms with E-state index in [2.05, 4.69) is 4.98 Å². The summed E-state index contributed by atoms with van der Waals surface area (Å²) in [5.74, 6) is 1.15. The van der Waals surface area contributed by atoms with Crippen LogP contribution in [0, 0.1) is 0 Å². The Morgan fingerprint density at radius 3 is 2.47 bits per heavy atom. The van der Waals surface area contributed by atoms with Crippen LogP contribution in [0.25, 0.3) is 38.6 Å². The third-order valence-corrected chi connectivity index (χ3v) is 5.34. The summed E-state index contributed by atoms with van der Waals surface area (Å²) in [5, 5.41) is 6.90. The van der Waals surface area contributed by atoms with Gasteiger partial charge < -0.3 is 9.47 Å². The lowest BCUT2D eigenvalue weighted by Crippen LogP contribution is -1.96. The van der Waals surface area contributed by atoms with E-state index in [1.807, 2.05) is 59.1 Å². The quantitative estimate of drug-likeness (QED) is 0.318. The lowest BCUT2D eigenvalue weighted by atomic mass is 10.0. The van der Waals surface area contributed by atoms with Gasteiger partial charge in [0.05, 0.1) is 36.3 Å². The summed E-state index contributed by atoms with van der Waals surface area (Å²) in [6, 6.07) is 17.5. The van der Waals surface area contributed by atoms with E-state index in [0.29, 0.717) is 22.8 Å². The second-order valence-electron chi connectivity index (χ2n) is 7.06. The molecule has 6 nitrogen and oxygen atoms in total. The topological polar surface area (TPSA) is 65.7 Å². The molecule has 30 heavy (non-hydrogen) atoms. The summed E-state index contributed by atoms with van der Waals surface area (Å²) in [7, 11) is 3.18. The molecular weight excluding hydrogens is 378 g/mol. The summed E-state index contributed by atoms with van der Waals surface area (Å²) in [5.41, 5.74) is 4.42. The van der Waals surface area contributed by atoms with Gasteiger partial charge in [-0.15, -0.1) is 0 Å². The Morgan fingerprint density at radius 1 is 0.933 bits per heavy atom. The van der Waals surface area contributed by atoms with E-state index in [1.165, 1.54) is 0 Å². The Bertz CT molecular complexity index is 1450. The number of aromatic nitrogens is 3. The van der Waals surface area contributed by atoms with E-state index in [4.69, 9.17) is 14.6 Å². The predicted molar refractivity (Wildman–Crippen MR) is 117 cm³/mol. The van der Waals surface area contributed by atoms with Crippen LogP contribution in [0.3, 0.4) is 0 Å². The fraction of sp³-hybridized carbons (Fsp3) is 0.125. The van der Waals surface area contributed by atoms with Crippen LogP contribution in [0.2, 0.25) is 0 Å². The van der Waals surface area contributed by atoms with Gasteiger partial charge in [0.1, 0.15) is 5.69 Å². The lowest BCUT2D eigenvalue weighted by molar-refractivity contribution is 0.102. The molecule has 3 aromatic heterocycles. The summed E-state index contributed by atoms with van der Waals surface area (Å²) in [4.78, 5) is 17.3. The largest absolute Gasteiger partial charge is 0.493 e. The highest BCUT2D eigenvalue weighted by Gasteiger charge is 2.21. The average molecular weight is 397 g/mol. The minimum atomic E-state index is -0.0534. The molecule has 6 heteroatoms. The van der Waals surface area contributed by atoms with Crippen molar-refractivity contribution in [3.05, 3.63) is 66.4 Å². The minimum absolute atomic E-state index is 0.0534. The fourth-order valence-corrected chi connectivity index (χ4v) is 3.96. The maximum absolute atomic E-state index is 12.7. The van der Waals surface area contributed by atoms with E-state index in [0.717, 1.165) is 32.9 Å². The molecule has 0 bridgehead atoms. The molecule has 0 atom stereocenters. The number of ether oxygens (including phenoxy) is 2. The summed E-state index contributed by atoms with van der Waals surface area (Å²) in [6.45, 7) is 1.56. The Kier molecular flexibility index (Phi) is 4.13. The number of carbonyl (C=O) groups excluding carboxylic acids is 1. The van der Waals surface area contributed by atoms with Gasteiger partial charge in [0, 0.05) is 22.5 Å². The molecule has 5 rings (SSSR count). The lowest BCUT2D eigenvalue weighted by Gasteiger charge is -2.09. The smallest absolute Gasteiger partial charge is 0.164 e. The zero-order valence-electron chi connectivity index (χ0n) is 16.8. The third kappa shape index (κ3) is 2.61. The van der Waals surface area contributed by atoms with Crippen molar-refractivity contribution in [3.8, 4) is 22.8 Å². The highest BCUT2D eigenvalue weighted by molar-refractivity contribution is 6.10. The number of carbonyl (C=O) groups is 1. The van der Waals surface area contributed by atoms with Crippen LogP contribution in [-0.4, -0.2) is 34.6 Å². The zero-order valence-corrected chi connectivity index (χ0v) is 16.8. The average Bonchev–Trinajstić information content (AvgIpc) is 3.18. The Balaban J connectivity index is 1.89. The summed E-state index contributed by atoms with van der Waals surface area (Å²) in [6.07, 6.45) is 1.77. The van der Waals surface area contributed by atoms with Crippen molar-refractivity contribution in [2.75, 3.05) is 14.2 Å². The second-order valence-corrected chi connectivity index (χ2v) is 7.06. The second kappa shape index (κ2) is 6.84. The van der Waals surface area contributed by atoms with Crippen molar-refractivity contribution in [1.29, 1.82) is 0 Å². The van der Waals surface area contributed by atoms with Gasteiger partial charge in [0.25, 0.3) is 0 Å². The number of methoxy groups -OCH3 is 2. The SMILES string of the molecule is COc1ccc(-c2nn3c(ccc4ccc5cccnc5c43)c2C(C)=O)cc1OC. The number of benzene rings is 2. The minimum Gasteiger partial charge on any atom is -0.493 e. The van der Waals surface area contributed by atoms with Gasteiger partial charge in [-0.05, 0) is 37.3 Å². The Morgan fingerprint density at radius 2 is 1.70 bits per heavy atom. The van der Waals surface area contributed by atoms with Crippen molar-refractivity contribution in [3.63, 3.8) is 0 Å². The van der Waals surface area contributed by atoms with Crippen LogP contribution in [0.15, 0.2) is 60.8 Å². The number of pyridine rings is 2.